The van der Waals surface area contributed by atoms with Crippen LogP contribution in [0.4, 0.5) is 5.69 Å². The van der Waals surface area contributed by atoms with Crippen molar-refractivity contribution in [3.63, 3.8) is 0 Å². The minimum Gasteiger partial charge on any atom is -0.399 e. The Balaban J connectivity index is 2.60. The predicted octanol–water partition coefficient (Wildman–Crippen LogP) is 2.15. The number of aliphatic hydroxyl groups is 1. The lowest BCUT2D eigenvalue weighted by atomic mass is 10.0. The zero-order valence-electron chi connectivity index (χ0n) is 8.79. The summed E-state index contributed by atoms with van der Waals surface area (Å²) in [5.41, 5.74) is 9.25. The number of nitrogens with two attached hydrogens (primary N) is 1. The lowest BCUT2D eigenvalue weighted by Crippen LogP contribution is -1.95. The molecule has 0 spiro atoms. The van der Waals surface area contributed by atoms with E-state index in [0.29, 0.717) is 0 Å². The lowest BCUT2D eigenvalue weighted by Gasteiger charge is -2.06. The molecule has 0 saturated carbocycles. The fourth-order valence-electron chi connectivity index (χ4n) is 1.56. The van der Waals surface area contributed by atoms with Gasteiger partial charge >= 0.3 is 0 Å². The van der Waals surface area contributed by atoms with Gasteiger partial charge in [0.2, 0.25) is 0 Å². The van der Waals surface area contributed by atoms with Gasteiger partial charge < -0.3 is 10.8 Å². The smallest absolute Gasteiger partial charge is 0.0431 e. The van der Waals surface area contributed by atoms with Crippen LogP contribution in [-0.4, -0.2) is 11.7 Å². The number of aryl methyl sites for hydroxylation is 2. The minimum atomic E-state index is 0.287. The molecule has 0 heterocycles. The van der Waals surface area contributed by atoms with E-state index in [4.69, 9.17) is 10.8 Å². The Labute approximate surface area is 85.8 Å². The molecule has 0 saturated heterocycles. The number of benzene rings is 1. The predicted molar refractivity (Wildman–Crippen MR) is 60.3 cm³/mol. The normalized spacial score (nSPS) is 10.4. The maximum Gasteiger partial charge on any atom is 0.0431 e. The Bertz CT molecular complexity index is 284. The molecule has 2 nitrogen and oxygen atoms in total. The lowest BCUT2D eigenvalue weighted by molar-refractivity contribution is 0.284. The van der Waals surface area contributed by atoms with Crippen molar-refractivity contribution >= 4 is 5.69 Å². The topological polar surface area (TPSA) is 46.2 Å². The van der Waals surface area contributed by atoms with Crippen molar-refractivity contribution < 1.29 is 5.11 Å². The van der Waals surface area contributed by atoms with E-state index in [9.17, 15) is 0 Å². The molecule has 0 aliphatic heterocycles. The van der Waals surface area contributed by atoms with Gasteiger partial charge in [-0.05, 0) is 42.9 Å². The SMILES string of the molecule is CCc1cc(CCCCO)ccc1N. The third kappa shape index (κ3) is 3.04. The van der Waals surface area contributed by atoms with E-state index in [-0.39, 0.29) is 6.61 Å². The molecule has 0 radical (unpaired) electrons. The highest BCUT2D eigenvalue weighted by molar-refractivity contribution is 5.48. The Morgan fingerprint density at radius 2 is 2.07 bits per heavy atom. The number of hydrogen-bond acceptors (Lipinski definition) is 2. The second-order valence-electron chi connectivity index (χ2n) is 3.57. The standard InChI is InChI=1S/C12H19NO/c1-2-11-9-10(5-3-4-8-14)6-7-12(11)13/h6-7,9,14H,2-5,8,13H2,1H3. The van der Waals surface area contributed by atoms with Crippen molar-refractivity contribution in [2.45, 2.75) is 32.6 Å². The van der Waals surface area contributed by atoms with E-state index in [2.05, 4.69) is 19.1 Å². The highest BCUT2D eigenvalue weighted by atomic mass is 16.2. The van der Waals surface area contributed by atoms with Crippen LogP contribution in [0.5, 0.6) is 0 Å². The van der Waals surface area contributed by atoms with E-state index in [1.807, 2.05) is 6.07 Å². The second kappa shape index (κ2) is 5.66. The number of unbranched alkanes of at least 4 members (excludes halogenated alkanes) is 1. The van der Waals surface area contributed by atoms with Crippen molar-refractivity contribution in [3.8, 4) is 0 Å². The Kier molecular flexibility index (Phi) is 4.47. The summed E-state index contributed by atoms with van der Waals surface area (Å²) in [4.78, 5) is 0. The summed E-state index contributed by atoms with van der Waals surface area (Å²) in [6.45, 7) is 2.40. The second-order valence-corrected chi connectivity index (χ2v) is 3.57. The summed E-state index contributed by atoms with van der Waals surface area (Å²) in [7, 11) is 0. The monoisotopic (exact) mass is 193 g/mol. The first-order valence-electron chi connectivity index (χ1n) is 5.26. The summed E-state index contributed by atoms with van der Waals surface area (Å²) >= 11 is 0. The maximum atomic E-state index is 8.67. The molecule has 0 aliphatic carbocycles. The highest BCUT2D eigenvalue weighted by Crippen LogP contribution is 2.16. The third-order valence-corrected chi connectivity index (χ3v) is 2.46. The molecule has 0 bridgehead atoms. The van der Waals surface area contributed by atoms with Crippen molar-refractivity contribution in [2.24, 2.45) is 0 Å². The molecule has 0 aromatic heterocycles. The fraction of sp³-hybridized carbons (Fsp3) is 0.500. The highest BCUT2D eigenvalue weighted by Gasteiger charge is 1.99. The zero-order chi connectivity index (χ0) is 10.4. The van der Waals surface area contributed by atoms with Crippen LogP contribution in [0.1, 0.15) is 30.9 Å². The summed E-state index contributed by atoms with van der Waals surface area (Å²) < 4.78 is 0. The van der Waals surface area contributed by atoms with Crippen LogP contribution < -0.4 is 5.73 Å². The number of rotatable bonds is 5. The molecule has 0 amide bonds. The summed E-state index contributed by atoms with van der Waals surface area (Å²) in [5.74, 6) is 0. The zero-order valence-corrected chi connectivity index (χ0v) is 8.79. The van der Waals surface area contributed by atoms with E-state index in [1.54, 1.807) is 0 Å². The molecular formula is C12H19NO. The number of aliphatic hydroxyl groups excluding tert-OH is 1. The van der Waals surface area contributed by atoms with E-state index in [1.165, 1.54) is 11.1 Å². The molecule has 0 atom stereocenters. The average Bonchev–Trinajstić information content (AvgIpc) is 2.21. The van der Waals surface area contributed by atoms with Crippen LogP contribution in [0.2, 0.25) is 0 Å². The molecule has 2 heteroatoms. The van der Waals surface area contributed by atoms with Crippen LogP contribution in [0.15, 0.2) is 18.2 Å². The summed E-state index contributed by atoms with van der Waals surface area (Å²) in [5, 5.41) is 8.67. The Hall–Kier alpha value is -1.02. The molecule has 78 valence electrons. The van der Waals surface area contributed by atoms with Gasteiger partial charge in [-0.3, -0.25) is 0 Å². The number of anilines is 1. The van der Waals surface area contributed by atoms with Gasteiger partial charge in [0.1, 0.15) is 0 Å². The molecule has 1 rings (SSSR count). The molecule has 0 aliphatic rings. The first-order chi connectivity index (χ1) is 6.77. The first kappa shape index (κ1) is 11.1. The van der Waals surface area contributed by atoms with Crippen LogP contribution in [0, 0.1) is 0 Å². The van der Waals surface area contributed by atoms with Gasteiger partial charge in [-0.2, -0.15) is 0 Å². The van der Waals surface area contributed by atoms with Crippen molar-refractivity contribution in [1.82, 2.24) is 0 Å². The number of nitrogen functional groups attached to an aromatic ring is 1. The van der Waals surface area contributed by atoms with E-state index >= 15 is 0 Å². The maximum absolute atomic E-state index is 8.67. The molecule has 3 N–H and O–H groups in total. The van der Waals surface area contributed by atoms with Crippen molar-refractivity contribution in [1.29, 1.82) is 0 Å². The van der Waals surface area contributed by atoms with Gasteiger partial charge in [-0.1, -0.05) is 19.1 Å². The quantitative estimate of drug-likeness (QED) is 0.556. The van der Waals surface area contributed by atoms with Crippen molar-refractivity contribution in [2.75, 3.05) is 12.3 Å². The fourth-order valence-corrected chi connectivity index (χ4v) is 1.56. The van der Waals surface area contributed by atoms with Gasteiger partial charge in [0.25, 0.3) is 0 Å². The van der Waals surface area contributed by atoms with E-state index in [0.717, 1.165) is 31.4 Å². The van der Waals surface area contributed by atoms with E-state index < -0.39 is 0 Å². The van der Waals surface area contributed by atoms with Gasteiger partial charge in [0.15, 0.2) is 0 Å². The molecule has 1 aromatic carbocycles. The van der Waals surface area contributed by atoms with Gasteiger partial charge in [0, 0.05) is 12.3 Å². The first-order valence-corrected chi connectivity index (χ1v) is 5.26. The Morgan fingerprint density at radius 3 is 2.71 bits per heavy atom. The average molecular weight is 193 g/mol. The third-order valence-electron chi connectivity index (χ3n) is 2.46. The molecule has 1 aromatic rings. The van der Waals surface area contributed by atoms with Crippen LogP contribution >= 0.6 is 0 Å². The van der Waals surface area contributed by atoms with Gasteiger partial charge in [-0.25, -0.2) is 0 Å². The van der Waals surface area contributed by atoms with Crippen LogP contribution in [0.25, 0.3) is 0 Å². The molecule has 0 fully saturated rings. The molecular weight excluding hydrogens is 174 g/mol. The van der Waals surface area contributed by atoms with Crippen LogP contribution in [0.3, 0.4) is 0 Å². The van der Waals surface area contributed by atoms with Crippen LogP contribution in [-0.2, 0) is 12.8 Å². The van der Waals surface area contributed by atoms with Crippen molar-refractivity contribution in [3.05, 3.63) is 29.3 Å². The molecule has 0 unspecified atom stereocenters. The molecule has 14 heavy (non-hydrogen) atoms. The number of hydrogen-bond donors (Lipinski definition) is 2. The van der Waals surface area contributed by atoms with Gasteiger partial charge in [-0.15, -0.1) is 0 Å². The summed E-state index contributed by atoms with van der Waals surface area (Å²) in [6.07, 6.45) is 3.95. The van der Waals surface area contributed by atoms with Gasteiger partial charge in [0.05, 0.1) is 0 Å². The summed E-state index contributed by atoms with van der Waals surface area (Å²) in [6, 6.07) is 6.23. The Morgan fingerprint density at radius 1 is 1.29 bits per heavy atom. The largest absolute Gasteiger partial charge is 0.399 e. The minimum absolute atomic E-state index is 0.287.